The average molecular weight is 261 g/mol. The number of hydrogen-bond donors (Lipinski definition) is 0. The molecule has 3 heterocycles. The van der Waals surface area contributed by atoms with E-state index in [-0.39, 0.29) is 7.43 Å². The van der Waals surface area contributed by atoms with E-state index >= 15 is 0 Å². The van der Waals surface area contributed by atoms with E-state index in [9.17, 15) is 0 Å². The predicted molar refractivity (Wildman–Crippen MR) is 78.6 cm³/mol. The van der Waals surface area contributed by atoms with Crippen molar-refractivity contribution in [2.24, 2.45) is 0 Å². The van der Waals surface area contributed by atoms with Gasteiger partial charge in [-0.15, -0.1) is 11.3 Å². The molecule has 0 saturated heterocycles. The molecule has 0 amide bonds. The Labute approximate surface area is 110 Å². The Kier molecular flexibility index (Phi) is 6.22. The van der Waals surface area contributed by atoms with Crippen molar-refractivity contribution in [3.8, 4) is 10.6 Å². The molecule has 0 radical (unpaired) electrons. The first-order valence-corrected chi connectivity index (χ1v) is 6.71. The van der Waals surface area contributed by atoms with Crippen molar-refractivity contribution in [2.75, 3.05) is 0 Å². The van der Waals surface area contributed by atoms with Crippen LogP contribution in [0.2, 0.25) is 0 Å². The highest BCUT2D eigenvalue weighted by atomic mass is 32.1. The first-order valence-electron chi connectivity index (χ1n) is 4.89. The first-order chi connectivity index (χ1) is 7.97. The zero-order valence-electron chi connectivity index (χ0n) is 8.61. The van der Waals surface area contributed by atoms with E-state index in [1.807, 2.05) is 53.4 Å². The minimum atomic E-state index is 0. The third-order valence-electron chi connectivity index (χ3n) is 1.86. The largest absolute Gasteiger partial charge is 0.255 e. The van der Waals surface area contributed by atoms with Gasteiger partial charge < -0.3 is 0 Å². The molecule has 3 rings (SSSR count). The third-order valence-corrected chi connectivity index (χ3v) is 3.38. The van der Waals surface area contributed by atoms with Crippen LogP contribution in [0.3, 0.4) is 0 Å². The molecule has 88 valence electrons. The van der Waals surface area contributed by atoms with E-state index in [2.05, 4.69) is 16.4 Å². The van der Waals surface area contributed by atoms with Gasteiger partial charge in [-0.1, -0.05) is 31.7 Å². The Morgan fingerprint density at radius 3 is 2.12 bits per heavy atom. The van der Waals surface area contributed by atoms with E-state index < -0.39 is 0 Å². The summed E-state index contributed by atoms with van der Waals surface area (Å²) >= 11 is 3.43. The van der Waals surface area contributed by atoms with Gasteiger partial charge in [0.15, 0.2) is 0 Å². The predicted octanol–water partition coefficient (Wildman–Crippen LogP) is 5.19. The van der Waals surface area contributed by atoms with E-state index in [0.717, 1.165) is 5.69 Å². The van der Waals surface area contributed by atoms with Crippen LogP contribution in [-0.2, 0) is 0 Å². The fourth-order valence-electron chi connectivity index (χ4n) is 1.16. The summed E-state index contributed by atoms with van der Waals surface area (Å²) in [4.78, 5) is 5.46. The smallest absolute Gasteiger partial charge is 0.0801 e. The Balaban J connectivity index is 0.000000205. The highest BCUT2D eigenvalue weighted by Gasteiger charge is 1.95. The number of aromatic nitrogens is 1. The Morgan fingerprint density at radius 1 is 0.824 bits per heavy atom. The van der Waals surface area contributed by atoms with Crippen LogP contribution < -0.4 is 0 Å². The zero-order chi connectivity index (χ0) is 11.1. The third kappa shape index (κ3) is 4.51. The molecule has 3 heteroatoms. The zero-order valence-corrected chi connectivity index (χ0v) is 10.2. The van der Waals surface area contributed by atoms with Gasteiger partial charge in [0, 0.05) is 6.20 Å². The van der Waals surface area contributed by atoms with E-state index in [1.54, 1.807) is 22.7 Å². The Morgan fingerprint density at radius 2 is 1.65 bits per heavy atom. The lowest BCUT2D eigenvalue weighted by molar-refractivity contribution is 1.34. The first kappa shape index (κ1) is 13.6. The molecule has 3 aromatic rings. The summed E-state index contributed by atoms with van der Waals surface area (Å²) < 4.78 is 0. The molecule has 0 atom stereocenters. The van der Waals surface area contributed by atoms with Crippen molar-refractivity contribution in [3.05, 3.63) is 64.8 Å². The van der Waals surface area contributed by atoms with Gasteiger partial charge in [0.25, 0.3) is 0 Å². The molecule has 0 fully saturated rings. The molecular weight excluding hydrogens is 246 g/mol. The monoisotopic (exact) mass is 261 g/mol. The van der Waals surface area contributed by atoms with Crippen LogP contribution in [0.4, 0.5) is 0 Å². The molecule has 0 aromatic carbocycles. The number of pyridine rings is 1. The van der Waals surface area contributed by atoms with Gasteiger partial charge in [0.05, 0.1) is 10.6 Å². The average Bonchev–Trinajstić information content (AvgIpc) is 3.07. The van der Waals surface area contributed by atoms with E-state index in [0.29, 0.717) is 0 Å². The van der Waals surface area contributed by atoms with Gasteiger partial charge in [0.2, 0.25) is 0 Å². The summed E-state index contributed by atoms with van der Waals surface area (Å²) in [5.41, 5.74) is 1.06. The Bertz CT molecular complexity index is 455. The van der Waals surface area contributed by atoms with Crippen molar-refractivity contribution in [1.29, 1.82) is 0 Å². The summed E-state index contributed by atoms with van der Waals surface area (Å²) in [7, 11) is 0. The molecule has 0 aliphatic carbocycles. The SMILES string of the molecule is C.c1ccc(-c2cccs2)nc1.c1ccsc1. The van der Waals surface area contributed by atoms with Crippen molar-refractivity contribution >= 4 is 22.7 Å². The minimum Gasteiger partial charge on any atom is -0.255 e. The van der Waals surface area contributed by atoms with Gasteiger partial charge in [-0.3, -0.25) is 4.98 Å². The van der Waals surface area contributed by atoms with Crippen LogP contribution in [0.25, 0.3) is 10.6 Å². The molecule has 1 nitrogen and oxygen atoms in total. The summed E-state index contributed by atoms with van der Waals surface area (Å²) in [6.45, 7) is 0. The molecular formula is C14H15NS2. The second-order valence-corrected chi connectivity index (χ2v) is 4.75. The van der Waals surface area contributed by atoms with Crippen LogP contribution in [0.1, 0.15) is 7.43 Å². The quantitative estimate of drug-likeness (QED) is 0.587. The van der Waals surface area contributed by atoms with Crippen LogP contribution in [0.5, 0.6) is 0 Å². The van der Waals surface area contributed by atoms with Gasteiger partial charge in [-0.25, -0.2) is 0 Å². The van der Waals surface area contributed by atoms with Crippen molar-refractivity contribution in [3.63, 3.8) is 0 Å². The maximum atomic E-state index is 4.23. The van der Waals surface area contributed by atoms with E-state index in [1.165, 1.54) is 4.88 Å². The minimum absolute atomic E-state index is 0. The molecule has 0 aliphatic heterocycles. The second kappa shape index (κ2) is 7.76. The molecule has 0 unspecified atom stereocenters. The van der Waals surface area contributed by atoms with Gasteiger partial charge in [-0.05, 0) is 34.3 Å². The van der Waals surface area contributed by atoms with Crippen molar-refractivity contribution in [1.82, 2.24) is 4.98 Å². The van der Waals surface area contributed by atoms with Crippen LogP contribution in [0.15, 0.2) is 64.8 Å². The summed E-state index contributed by atoms with van der Waals surface area (Å²) in [5, 5.41) is 6.14. The van der Waals surface area contributed by atoms with Crippen LogP contribution >= 0.6 is 22.7 Å². The molecule has 0 spiro atoms. The fraction of sp³-hybridized carbons (Fsp3) is 0.0714. The highest BCUT2D eigenvalue weighted by Crippen LogP contribution is 2.21. The summed E-state index contributed by atoms with van der Waals surface area (Å²) in [6, 6.07) is 14.1. The summed E-state index contributed by atoms with van der Waals surface area (Å²) in [5.74, 6) is 0. The lowest BCUT2D eigenvalue weighted by atomic mass is 10.3. The lowest BCUT2D eigenvalue weighted by Crippen LogP contribution is -1.75. The Hall–Kier alpha value is -1.45. The van der Waals surface area contributed by atoms with Gasteiger partial charge in [-0.2, -0.15) is 11.3 Å². The van der Waals surface area contributed by atoms with Gasteiger partial charge in [0.1, 0.15) is 0 Å². The van der Waals surface area contributed by atoms with Crippen molar-refractivity contribution < 1.29 is 0 Å². The molecule has 0 bridgehead atoms. The molecule has 0 N–H and O–H groups in total. The van der Waals surface area contributed by atoms with Gasteiger partial charge >= 0.3 is 0 Å². The maximum Gasteiger partial charge on any atom is 0.0801 e. The van der Waals surface area contributed by atoms with E-state index in [4.69, 9.17) is 0 Å². The van der Waals surface area contributed by atoms with Crippen LogP contribution in [-0.4, -0.2) is 4.98 Å². The van der Waals surface area contributed by atoms with Crippen molar-refractivity contribution in [2.45, 2.75) is 7.43 Å². The number of hydrogen-bond acceptors (Lipinski definition) is 3. The number of thiophene rings is 2. The van der Waals surface area contributed by atoms with Crippen LogP contribution in [0, 0.1) is 0 Å². The summed E-state index contributed by atoms with van der Waals surface area (Å²) in [6.07, 6.45) is 1.81. The maximum absolute atomic E-state index is 4.23. The fourth-order valence-corrected chi connectivity index (χ4v) is 2.32. The molecule has 3 aromatic heterocycles. The number of nitrogens with zero attached hydrogens (tertiary/aromatic N) is 1. The number of rotatable bonds is 1. The molecule has 0 aliphatic rings. The molecule has 0 saturated carbocycles. The lowest BCUT2D eigenvalue weighted by Gasteiger charge is -1.92. The normalized spacial score (nSPS) is 8.71. The molecule has 17 heavy (non-hydrogen) atoms. The highest BCUT2D eigenvalue weighted by molar-refractivity contribution is 7.13. The second-order valence-electron chi connectivity index (χ2n) is 2.99. The standard InChI is InChI=1S/C9H7NS.C4H4S.CH4/c1-2-6-10-8(4-1)9-5-3-7-11-9;1-2-4-5-3-1;/h1-7H;1-4H;1H4. The topological polar surface area (TPSA) is 12.9 Å².